The molecule has 0 spiro atoms. The number of fused-ring (bicyclic) bond motifs is 7. The quantitative estimate of drug-likeness (QED) is 0.410. The number of hydrogen-bond acceptors (Lipinski definition) is 5. The third-order valence-corrected chi connectivity index (χ3v) is 4.34. The first-order valence-electron chi connectivity index (χ1n) is 7.33. The summed E-state index contributed by atoms with van der Waals surface area (Å²) in [6, 6.07) is 13.6. The minimum atomic E-state index is -0.724. The molecule has 114 valence electrons. The van der Waals surface area contributed by atoms with Crippen LogP contribution in [0.15, 0.2) is 67.0 Å². The lowest BCUT2D eigenvalue weighted by Crippen LogP contribution is -2.13. The van der Waals surface area contributed by atoms with Crippen molar-refractivity contribution >= 4 is 27.7 Å². The number of hydrogen-bond donors (Lipinski definition) is 0. The fourth-order valence-electron chi connectivity index (χ4n) is 3.30. The minimum absolute atomic E-state index is 0.0814. The first kappa shape index (κ1) is 13.0. The molecule has 5 rings (SSSR count). The van der Waals surface area contributed by atoms with Crippen LogP contribution in [0.25, 0.3) is 33.1 Å². The monoisotopic (exact) mass is 316 g/mol. The summed E-state index contributed by atoms with van der Waals surface area (Å²) < 4.78 is 10.8. The van der Waals surface area contributed by atoms with Crippen molar-refractivity contribution in [1.82, 2.24) is 0 Å². The summed E-state index contributed by atoms with van der Waals surface area (Å²) in [4.78, 5) is 37.2. The summed E-state index contributed by atoms with van der Waals surface area (Å²) in [5, 5.41) is 0.811. The molecule has 1 aliphatic carbocycles. The molecule has 0 bridgehead atoms. The van der Waals surface area contributed by atoms with Gasteiger partial charge < -0.3 is 8.83 Å². The summed E-state index contributed by atoms with van der Waals surface area (Å²) in [5.74, 6) is -0.410. The molecule has 0 amide bonds. The molecule has 0 radical (unpaired) electrons. The molecule has 5 heteroatoms. The van der Waals surface area contributed by atoms with Crippen LogP contribution in [0.1, 0.15) is 15.9 Å². The van der Waals surface area contributed by atoms with E-state index >= 15 is 0 Å². The van der Waals surface area contributed by atoms with Crippen LogP contribution in [-0.4, -0.2) is 5.78 Å². The van der Waals surface area contributed by atoms with Gasteiger partial charge in [-0.2, -0.15) is 0 Å². The molecule has 0 N–H and O–H groups in total. The maximum atomic E-state index is 12.5. The molecule has 1 aliphatic rings. The predicted molar refractivity (Wildman–Crippen MR) is 87.4 cm³/mol. The fraction of sp³-hybridized carbons (Fsp3) is 0. The van der Waals surface area contributed by atoms with Crippen LogP contribution in [0.3, 0.4) is 0 Å². The molecule has 0 atom stereocenters. The number of rotatable bonds is 0. The van der Waals surface area contributed by atoms with Crippen molar-refractivity contribution in [2.45, 2.75) is 0 Å². The van der Waals surface area contributed by atoms with Gasteiger partial charge in [0.1, 0.15) is 5.56 Å². The molecule has 2 heterocycles. The Kier molecular flexibility index (Phi) is 2.33. The molecule has 4 aromatic rings. The third-order valence-electron chi connectivity index (χ3n) is 4.34. The van der Waals surface area contributed by atoms with Crippen molar-refractivity contribution < 1.29 is 13.6 Å². The maximum absolute atomic E-state index is 12.5. The first-order valence-corrected chi connectivity index (χ1v) is 7.33. The standard InChI is InChI=1S/C19H8O5/c20-15-10-6-2-1-5-9(10)13-14(15)19(22)23-16-11-7-3-4-8-12(11)18(21)24-17(13)16/h1-8H. The van der Waals surface area contributed by atoms with Gasteiger partial charge in [-0.1, -0.05) is 42.5 Å². The highest BCUT2D eigenvalue weighted by molar-refractivity contribution is 6.25. The van der Waals surface area contributed by atoms with Gasteiger partial charge in [0.15, 0.2) is 11.2 Å². The van der Waals surface area contributed by atoms with Gasteiger partial charge in [0, 0.05) is 16.5 Å². The lowest BCUT2D eigenvalue weighted by molar-refractivity contribution is 0.104. The average molecular weight is 316 g/mol. The summed E-state index contributed by atoms with van der Waals surface area (Å²) in [5.41, 5.74) is 0.289. The van der Waals surface area contributed by atoms with E-state index in [1.165, 1.54) is 0 Å². The molecule has 0 saturated heterocycles. The van der Waals surface area contributed by atoms with Crippen molar-refractivity contribution in [1.29, 1.82) is 0 Å². The molecule has 0 unspecified atom stereocenters. The Balaban J connectivity index is 2.11. The second-order valence-electron chi connectivity index (χ2n) is 5.61. The Bertz CT molecular complexity index is 1310. The van der Waals surface area contributed by atoms with Gasteiger partial charge in [-0.15, -0.1) is 0 Å². The average Bonchev–Trinajstić information content (AvgIpc) is 2.91. The Morgan fingerprint density at radius 1 is 0.583 bits per heavy atom. The minimum Gasteiger partial charge on any atom is -0.418 e. The molecular formula is C19H8O5. The van der Waals surface area contributed by atoms with Crippen molar-refractivity contribution in [3.63, 3.8) is 0 Å². The summed E-state index contributed by atoms with van der Waals surface area (Å²) in [6.07, 6.45) is 0. The molecule has 5 nitrogen and oxygen atoms in total. The second-order valence-corrected chi connectivity index (χ2v) is 5.61. The van der Waals surface area contributed by atoms with Gasteiger partial charge in [-0.25, -0.2) is 9.59 Å². The van der Waals surface area contributed by atoms with E-state index in [1.54, 1.807) is 48.5 Å². The Morgan fingerprint density at radius 3 is 2.00 bits per heavy atom. The predicted octanol–water partition coefficient (Wildman–Crippen LogP) is 3.11. The van der Waals surface area contributed by atoms with Crippen LogP contribution < -0.4 is 11.3 Å². The van der Waals surface area contributed by atoms with Crippen LogP contribution in [0.5, 0.6) is 0 Å². The smallest absolute Gasteiger partial charge is 0.348 e. The molecule has 0 fully saturated rings. The van der Waals surface area contributed by atoms with Crippen LogP contribution >= 0.6 is 0 Å². The van der Waals surface area contributed by atoms with Crippen molar-refractivity contribution in [3.8, 4) is 11.1 Å². The van der Waals surface area contributed by atoms with Crippen LogP contribution in [0.4, 0.5) is 0 Å². The zero-order chi connectivity index (χ0) is 16.4. The number of ketones is 1. The van der Waals surface area contributed by atoms with Crippen LogP contribution in [0, 0.1) is 0 Å². The summed E-state index contributed by atoms with van der Waals surface area (Å²) in [7, 11) is 0. The van der Waals surface area contributed by atoms with E-state index in [2.05, 4.69) is 0 Å². The Labute approximate surface area is 133 Å². The van der Waals surface area contributed by atoms with Gasteiger partial charge in [0.05, 0.1) is 5.39 Å². The number of carbonyl (C=O) groups excluding carboxylic acids is 1. The molecular weight excluding hydrogens is 308 g/mol. The van der Waals surface area contributed by atoms with Crippen LogP contribution in [0.2, 0.25) is 0 Å². The lowest BCUT2D eigenvalue weighted by atomic mass is 10.0. The van der Waals surface area contributed by atoms with Gasteiger partial charge in [-0.3, -0.25) is 4.79 Å². The van der Waals surface area contributed by atoms with Crippen molar-refractivity contribution in [3.05, 3.63) is 80.5 Å². The van der Waals surface area contributed by atoms with Crippen molar-refractivity contribution in [2.75, 3.05) is 0 Å². The highest BCUT2D eigenvalue weighted by Crippen LogP contribution is 2.40. The van der Waals surface area contributed by atoms with Gasteiger partial charge in [-0.05, 0) is 11.6 Å². The second kappa shape index (κ2) is 4.29. The lowest BCUT2D eigenvalue weighted by Gasteiger charge is -2.05. The van der Waals surface area contributed by atoms with E-state index in [0.29, 0.717) is 27.5 Å². The fourth-order valence-corrected chi connectivity index (χ4v) is 3.30. The van der Waals surface area contributed by atoms with Gasteiger partial charge >= 0.3 is 11.3 Å². The highest BCUT2D eigenvalue weighted by atomic mass is 16.4. The van der Waals surface area contributed by atoms with Gasteiger partial charge in [0.25, 0.3) is 0 Å². The van der Waals surface area contributed by atoms with E-state index in [-0.39, 0.29) is 16.7 Å². The largest absolute Gasteiger partial charge is 0.418 e. The molecule has 0 saturated carbocycles. The molecule has 24 heavy (non-hydrogen) atoms. The van der Waals surface area contributed by atoms with Crippen LogP contribution in [-0.2, 0) is 0 Å². The normalized spacial score (nSPS) is 12.6. The number of benzene rings is 2. The van der Waals surface area contributed by atoms with E-state index in [4.69, 9.17) is 8.83 Å². The van der Waals surface area contributed by atoms with E-state index in [0.717, 1.165) is 0 Å². The molecule has 2 aromatic carbocycles. The molecule has 2 aromatic heterocycles. The third kappa shape index (κ3) is 1.46. The van der Waals surface area contributed by atoms with Crippen molar-refractivity contribution in [2.24, 2.45) is 0 Å². The molecule has 0 aliphatic heterocycles. The zero-order valence-corrected chi connectivity index (χ0v) is 12.2. The number of carbonyl (C=O) groups is 1. The highest BCUT2D eigenvalue weighted by Gasteiger charge is 2.34. The zero-order valence-electron chi connectivity index (χ0n) is 12.2. The summed E-state index contributed by atoms with van der Waals surface area (Å²) in [6.45, 7) is 0. The van der Waals surface area contributed by atoms with E-state index in [1.807, 2.05) is 0 Å². The van der Waals surface area contributed by atoms with Gasteiger partial charge in [0.2, 0.25) is 5.78 Å². The Morgan fingerprint density at radius 2 is 1.21 bits per heavy atom. The SMILES string of the molecule is O=C1c2ccccc2-c2c1c(=O)oc1c2oc(=O)c2ccccc21. The topological polar surface area (TPSA) is 77.5 Å². The Hall–Kier alpha value is -3.47. The first-order chi connectivity index (χ1) is 11.7. The summed E-state index contributed by atoms with van der Waals surface area (Å²) >= 11 is 0. The maximum Gasteiger partial charge on any atom is 0.348 e. The van der Waals surface area contributed by atoms with E-state index < -0.39 is 17.0 Å². The van der Waals surface area contributed by atoms with E-state index in [9.17, 15) is 14.4 Å².